The molecule has 8 heteroatoms. The molecule has 0 radical (unpaired) electrons. The highest BCUT2D eigenvalue weighted by Gasteiger charge is 2.34. The maximum Gasteiger partial charge on any atom is 0.243 e. The van der Waals surface area contributed by atoms with E-state index in [1.807, 2.05) is 18.2 Å². The van der Waals surface area contributed by atoms with Crippen molar-refractivity contribution in [1.82, 2.24) is 20.4 Å². The first-order valence-electron chi connectivity index (χ1n) is 12.9. The van der Waals surface area contributed by atoms with E-state index in [-0.39, 0.29) is 23.8 Å². The number of carbonyl (C=O) groups is 3. The molecular formula is C28H34N4O4. The van der Waals surface area contributed by atoms with E-state index in [1.165, 1.54) is 16.7 Å². The van der Waals surface area contributed by atoms with Crippen molar-refractivity contribution in [2.24, 2.45) is 0 Å². The summed E-state index contributed by atoms with van der Waals surface area (Å²) in [4.78, 5) is 40.8. The molecule has 2 aromatic carbocycles. The van der Waals surface area contributed by atoms with Gasteiger partial charge in [0, 0.05) is 45.7 Å². The maximum absolute atomic E-state index is 12.5. The Hall–Kier alpha value is -3.07. The molecule has 1 unspecified atom stereocenters. The lowest BCUT2D eigenvalue weighted by Crippen LogP contribution is -2.50. The second kappa shape index (κ2) is 11.3. The fourth-order valence-corrected chi connectivity index (χ4v) is 5.22. The number of nitrogens with one attached hydrogen (secondary N) is 2. The van der Waals surface area contributed by atoms with Crippen LogP contribution in [0.1, 0.15) is 40.7 Å². The lowest BCUT2D eigenvalue weighted by molar-refractivity contribution is -0.137. The van der Waals surface area contributed by atoms with Gasteiger partial charge in [0.05, 0.1) is 25.7 Å². The number of fused-ring (bicyclic) bond motifs is 1. The van der Waals surface area contributed by atoms with Gasteiger partial charge < -0.3 is 10.1 Å². The van der Waals surface area contributed by atoms with Crippen molar-refractivity contribution in [3.8, 4) is 0 Å². The van der Waals surface area contributed by atoms with E-state index in [1.54, 1.807) is 0 Å². The van der Waals surface area contributed by atoms with Crippen molar-refractivity contribution < 1.29 is 19.1 Å². The van der Waals surface area contributed by atoms with Crippen LogP contribution in [0.4, 0.5) is 0 Å². The van der Waals surface area contributed by atoms with E-state index in [9.17, 15) is 14.4 Å². The van der Waals surface area contributed by atoms with Crippen LogP contribution in [0.2, 0.25) is 0 Å². The van der Waals surface area contributed by atoms with E-state index < -0.39 is 0 Å². The van der Waals surface area contributed by atoms with Gasteiger partial charge in [0.1, 0.15) is 0 Å². The number of hydrogen-bond acceptors (Lipinski definition) is 6. The Balaban J connectivity index is 1.07. The van der Waals surface area contributed by atoms with Crippen LogP contribution in [0, 0.1) is 0 Å². The molecule has 8 nitrogen and oxygen atoms in total. The molecule has 3 aliphatic rings. The highest BCUT2D eigenvalue weighted by molar-refractivity contribution is 6.00. The SMILES string of the molecule is O=C(Cc1ccc(CCN2CCOCC2)cc1)NCc1ccc2c(c1)CN(C1CCC(=O)NC1=O)C2. The Morgan fingerprint density at radius 3 is 2.47 bits per heavy atom. The predicted octanol–water partition coefficient (Wildman–Crippen LogP) is 1.54. The first-order chi connectivity index (χ1) is 17.5. The largest absolute Gasteiger partial charge is 0.379 e. The molecule has 2 fully saturated rings. The zero-order valence-corrected chi connectivity index (χ0v) is 20.6. The molecule has 0 aliphatic carbocycles. The summed E-state index contributed by atoms with van der Waals surface area (Å²) in [6.07, 6.45) is 2.32. The van der Waals surface area contributed by atoms with Crippen molar-refractivity contribution in [2.75, 3.05) is 32.8 Å². The van der Waals surface area contributed by atoms with Crippen LogP contribution in [0.3, 0.4) is 0 Å². The van der Waals surface area contributed by atoms with Gasteiger partial charge in [-0.2, -0.15) is 0 Å². The predicted molar refractivity (Wildman–Crippen MR) is 135 cm³/mol. The van der Waals surface area contributed by atoms with E-state index in [0.29, 0.717) is 38.9 Å². The van der Waals surface area contributed by atoms with Gasteiger partial charge in [0.2, 0.25) is 17.7 Å². The Kier molecular flexibility index (Phi) is 7.75. The number of nitrogens with zero attached hydrogens (tertiary/aromatic N) is 2. The van der Waals surface area contributed by atoms with Gasteiger partial charge >= 0.3 is 0 Å². The van der Waals surface area contributed by atoms with Crippen LogP contribution < -0.4 is 10.6 Å². The number of piperidine rings is 1. The maximum atomic E-state index is 12.5. The van der Waals surface area contributed by atoms with Gasteiger partial charge in [0.25, 0.3) is 0 Å². The van der Waals surface area contributed by atoms with Crippen LogP contribution in [0.5, 0.6) is 0 Å². The first kappa shape index (κ1) is 24.6. The van der Waals surface area contributed by atoms with Crippen molar-refractivity contribution in [3.05, 3.63) is 70.3 Å². The lowest BCUT2D eigenvalue weighted by atomic mass is 10.0. The van der Waals surface area contributed by atoms with Crippen molar-refractivity contribution in [2.45, 2.75) is 51.4 Å². The molecule has 3 amide bonds. The number of morpholine rings is 1. The molecular weight excluding hydrogens is 456 g/mol. The minimum atomic E-state index is -0.260. The number of imide groups is 1. The second-order valence-electron chi connectivity index (χ2n) is 9.95. The third-order valence-corrected chi connectivity index (χ3v) is 7.37. The fraction of sp³-hybridized carbons (Fsp3) is 0.464. The van der Waals surface area contributed by atoms with Gasteiger partial charge in [-0.05, 0) is 40.7 Å². The lowest BCUT2D eigenvalue weighted by Gasteiger charge is -2.29. The zero-order chi connectivity index (χ0) is 24.9. The average molecular weight is 491 g/mol. The van der Waals surface area contributed by atoms with E-state index in [2.05, 4.69) is 44.7 Å². The molecule has 3 heterocycles. The van der Waals surface area contributed by atoms with Crippen molar-refractivity contribution >= 4 is 17.7 Å². The topological polar surface area (TPSA) is 91.0 Å². The molecule has 1 atom stereocenters. The van der Waals surface area contributed by atoms with Crippen molar-refractivity contribution in [3.63, 3.8) is 0 Å². The molecule has 36 heavy (non-hydrogen) atoms. The molecule has 5 rings (SSSR count). The summed E-state index contributed by atoms with van der Waals surface area (Å²) in [7, 11) is 0. The number of amides is 3. The fourth-order valence-electron chi connectivity index (χ4n) is 5.22. The summed E-state index contributed by atoms with van der Waals surface area (Å²) in [5.74, 6) is -0.385. The Morgan fingerprint density at radius 2 is 1.69 bits per heavy atom. The minimum Gasteiger partial charge on any atom is -0.379 e. The van der Waals surface area contributed by atoms with Crippen LogP contribution in [-0.4, -0.2) is 66.4 Å². The van der Waals surface area contributed by atoms with Gasteiger partial charge in [-0.25, -0.2) is 0 Å². The number of benzene rings is 2. The van der Waals surface area contributed by atoms with E-state index in [0.717, 1.165) is 50.4 Å². The summed E-state index contributed by atoms with van der Waals surface area (Å²) in [5.41, 5.74) is 5.72. The molecule has 0 spiro atoms. The normalized spacial score (nSPS) is 20.7. The van der Waals surface area contributed by atoms with Gasteiger partial charge in [-0.3, -0.25) is 29.5 Å². The van der Waals surface area contributed by atoms with Crippen LogP contribution in [0.15, 0.2) is 42.5 Å². The molecule has 2 aromatic rings. The number of ether oxygens (including phenoxy) is 1. The van der Waals surface area contributed by atoms with Crippen molar-refractivity contribution in [1.29, 1.82) is 0 Å². The smallest absolute Gasteiger partial charge is 0.243 e. The van der Waals surface area contributed by atoms with Gasteiger partial charge in [0.15, 0.2) is 0 Å². The summed E-state index contributed by atoms with van der Waals surface area (Å²) in [5, 5.41) is 5.48. The average Bonchev–Trinajstić information content (AvgIpc) is 3.31. The van der Waals surface area contributed by atoms with Gasteiger partial charge in [-0.15, -0.1) is 0 Å². The summed E-state index contributed by atoms with van der Waals surface area (Å²) < 4.78 is 5.40. The molecule has 0 bridgehead atoms. The van der Waals surface area contributed by atoms with Gasteiger partial charge in [-0.1, -0.05) is 42.5 Å². The van der Waals surface area contributed by atoms with E-state index >= 15 is 0 Å². The molecule has 2 saturated heterocycles. The summed E-state index contributed by atoms with van der Waals surface area (Å²) in [6.45, 7) is 6.54. The molecule has 0 aromatic heterocycles. The number of rotatable bonds is 8. The van der Waals surface area contributed by atoms with E-state index in [4.69, 9.17) is 4.74 Å². The quantitative estimate of drug-likeness (QED) is 0.546. The second-order valence-corrected chi connectivity index (χ2v) is 9.95. The molecule has 190 valence electrons. The number of hydrogen-bond donors (Lipinski definition) is 2. The first-order valence-corrected chi connectivity index (χ1v) is 12.9. The van der Waals surface area contributed by atoms with Crippen LogP contribution in [-0.2, 0) is 51.6 Å². The zero-order valence-electron chi connectivity index (χ0n) is 20.6. The molecule has 3 aliphatic heterocycles. The van der Waals surface area contributed by atoms with Crippen LogP contribution >= 0.6 is 0 Å². The Bertz CT molecular complexity index is 1110. The third kappa shape index (κ3) is 6.19. The number of carbonyl (C=O) groups excluding carboxylic acids is 3. The highest BCUT2D eigenvalue weighted by atomic mass is 16.5. The monoisotopic (exact) mass is 490 g/mol. The summed E-state index contributed by atoms with van der Waals surface area (Å²) >= 11 is 0. The highest BCUT2D eigenvalue weighted by Crippen LogP contribution is 2.28. The van der Waals surface area contributed by atoms with Crippen LogP contribution in [0.25, 0.3) is 0 Å². The summed E-state index contributed by atoms with van der Waals surface area (Å²) in [6, 6.07) is 14.3. The Morgan fingerprint density at radius 1 is 0.972 bits per heavy atom. The minimum absolute atomic E-state index is 0.00161. The molecule has 2 N–H and O–H groups in total. The molecule has 0 saturated carbocycles. The standard InChI is InChI=1S/C28H34N4O4/c33-26-8-7-25(28(35)30-26)32-18-23-6-5-22(15-24(23)19-32)17-29-27(34)16-21-3-1-20(2-4-21)9-10-31-11-13-36-14-12-31/h1-6,15,25H,7-14,16-19H2,(H,29,34)(H,30,33,35). The third-order valence-electron chi connectivity index (χ3n) is 7.37. The Labute approximate surface area is 212 Å².